The number of halogens is 3. The van der Waals surface area contributed by atoms with Crippen LogP contribution in [0.2, 0.25) is 0 Å². The third-order valence-corrected chi connectivity index (χ3v) is 11.5. The summed E-state index contributed by atoms with van der Waals surface area (Å²) in [6.45, 7) is 4.62. The normalized spacial score (nSPS) is 20.1. The summed E-state index contributed by atoms with van der Waals surface area (Å²) in [5.41, 5.74) is -1.09. The summed E-state index contributed by atoms with van der Waals surface area (Å²) in [5.74, 6) is -1.43. The largest absolute Gasteiger partial charge is 0.480 e. The minimum Gasteiger partial charge on any atom is -0.480 e. The van der Waals surface area contributed by atoms with E-state index in [9.17, 15) is 36.3 Å². The van der Waals surface area contributed by atoms with E-state index >= 15 is 0 Å². The summed E-state index contributed by atoms with van der Waals surface area (Å²) < 4.78 is 73.5. The standard InChI is InChI=1S/C35H36F3N3O5S/c1-20(2)41-21(3)31(34(43)44)40-32(42)30(39-26-15-5-6-16-26)28(19-23-12-8-11-22-10-4-7-17-27(22)23)29(33(40)47(41,45)46)24-13-9-14-25(18-24)35(36,37)38/h4,7-14,17-18,20-21,26,31,39H,5-6,15-16,19H2,1-3H3,(H,43,44). The zero-order valence-corrected chi connectivity index (χ0v) is 27.0. The van der Waals surface area contributed by atoms with E-state index in [-0.39, 0.29) is 34.8 Å². The van der Waals surface area contributed by atoms with Gasteiger partial charge in [-0.05, 0) is 73.2 Å². The zero-order valence-electron chi connectivity index (χ0n) is 26.2. The van der Waals surface area contributed by atoms with Crippen molar-refractivity contribution in [3.8, 4) is 11.1 Å². The SMILES string of the molecule is CC(C)N1C(C)C(C(=O)O)n2c(c(-c3cccc(C(F)(F)F)c3)c(Cc3cccc4ccccc34)c(NC3CCCC3)c2=O)S1(=O)=O. The van der Waals surface area contributed by atoms with Gasteiger partial charge in [-0.15, -0.1) is 0 Å². The number of anilines is 1. The lowest BCUT2D eigenvalue weighted by atomic mass is 9.91. The second-order valence-electron chi connectivity index (χ2n) is 12.7. The minimum atomic E-state index is -4.75. The van der Waals surface area contributed by atoms with Gasteiger partial charge in [-0.3, -0.25) is 9.36 Å². The Morgan fingerprint density at radius 2 is 1.68 bits per heavy atom. The van der Waals surface area contributed by atoms with Crippen molar-refractivity contribution < 1.29 is 31.5 Å². The van der Waals surface area contributed by atoms with Crippen molar-refractivity contribution in [1.82, 2.24) is 8.87 Å². The van der Waals surface area contributed by atoms with Crippen LogP contribution >= 0.6 is 0 Å². The van der Waals surface area contributed by atoms with Gasteiger partial charge in [-0.1, -0.05) is 67.4 Å². The monoisotopic (exact) mass is 667 g/mol. The molecule has 2 aliphatic rings. The molecular weight excluding hydrogens is 631 g/mol. The summed E-state index contributed by atoms with van der Waals surface area (Å²) >= 11 is 0. The molecule has 0 saturated heterocycles. The molecule has 2 heterocycles. The molecule has 12 heteroatoms. The number of carboxylic acid groups (broad SMARTS) is 1. The Labute approximate surface area is 270 Å². The number of aromatic nitrogens is 1. The number of sulfonamides is 1. The molecule has 248 valence electrons. The topological polar surface area (TPSA) is 109 Å². The molecule has 2 N–H and O–H groups in total. The zero-order chi connectivity index (χ0) is 33.8. The van der Waals surface area contributed by atoms with Crippen LogP contribution in [0.1, 0.15) is 69.2 Å². The van der Waals surface area contributed by atoms with E-state index in [1.807, 2.05) is 42.5 Å². The van der Waals surface area contributed by atoms with Crippen LogP contribution in [0.15, 0.2) is 76.6 Å². The summed E-state index contributed by atoms with van der Waals surface area (Å²) in [7, 11) is -4.62. The number of benzene rings is 3. The number of alkyl halides is 3. The number of hydrogen-bond donors (Lipinski definition) is 2. The fraction of sp³-hybridized carbons (Fsp3) is 0.371. The summed E-state index contributed by atoms with van der Waals surface area (Å²) in [6, 6.07) is 13.8. The van der Waals surface area contributed by atoms with Gasteiger partial charge in [0.15, 0.2) is 11.1 Å². The molecule has 47 heavy (non-hydrogen) atoms. The molecule has 2 atom stereocenters. The second kappa shape index (κ2) is 12.1. The van der Waals surface area contributed by atoms with Crippen LogP contribution < -0.4 is 10.9 Å². The first-order chi connectivity index (χ1) is 22.2. The summed E-state index contributed by atoms with van der Waals surface area (Å²) in [5, 5.41) is 14.9. The van der Waals surface area contributed by atoms with Gasteiger partial charge in [-0.2, -0.15) is 17.5 Å². The predicted octanol–water partition coefficient (Wildman–Crippen LogP) is 7.06. The summed E-state index contributed by atoms with van der Waals surface area (Å²) in [6.07, 6.45) is -1.50. The lowest BCUT2D eigenvalue weighted by Crippen LogP contribution is -2.57. The third kappa shape index (κ3) is 5.71. The van der Waals surface area contributed by atoms with Gasteiger partial charge in [0.1, 0.15) is 5.69 Å². The highest BCUT2D eigenvalue weighted by Crippen LogP contribution is 2.44. The molecule has 8 nitrogen and oxygen atoms in total. The second-order valence-corrected chi connectivity index (χ2v) is 14.4. The van der Waals surface area contributed by atoms with Gasteiger partial charge in [0.25, 0.3) is 15.6 Å². The van der Waals surface area contributed by atoms with Crippen molar-refractivity contribution in [2.24, 2.45) is 0 Å². The first-order valence-corrected chi connectivity index (χ1v) is 17.1. The molecule has 1 saturated carbocycles. The number of carbonyl (C=O) groups is 1. The van der Waals surface area contributed by atoms with Crippen molar-refractivity contribution in [1.29, 1.82) is 0 Å². The molecule has 0 radical (unpaired) electrons. The highest BCUT2D eigenvalue weighted by molar-refractivity contribution is 7.89. The Morgan fingerprint density at radius 3 is 2.34 bits per heavy atom. The highest BCUT2D eigenvalue weighted by Gasteiger charge is 2.50. The minimum absolute atomic E-state index is 0.00441. The molecule has 6 rings (SSSR count). The van der Waals surface area contributed by atoms with Crippen molar-refractivity contribution >= 4 is 32.5 Å². The van der Waals surface area contributed by atoms with Crippen LogP contribution in [0.25, 0.3) is 21.9 Å². The van der Waals surface area contributed by atoms with E-state index in [0.717, 1.165) is 63.0 Å². The molecule has 4 aromatic rings. The van der Waals surface area contributed by atoms with Gasteiger partial charge in [0, 0.05) is 24.1 Å². The van der Waals surface area contributed by atoms with Gasteiger partial charge >= 0.3 is 12.1 Å². The Kier molecular flexibility index (Phi) is 8.46. The summed E-state index contributed by atoms with van der Waals surface area (Å²) in [4.78, 5) is 27.6. The maximum atomic E-state index is 14.7. The highest BCUT2D eigenvalue weighted by atomic mass is 32.2. The molecule has 1 aliphatic heterocycles. The third-order valence-electron chi connectivity index (χ3n) is 9.32. The van der Waals surface area contributed by atoms with Gasteiger partial charge < -0.3 is 10.4 Å². The first-order valence-electron chi connectivity index (χ1n) is 15.7. The average Bonchev–Trinajstić information content (AvgIpc) is 3.52. The molecule has 0 bridgehead atoms. The molecule has 0 amide bonds. The Bertz CT molecular complexity index is 2030. The Morgan fingerprint density at radius 1 is 1.02 bits per heavy atom. The van der Waals surface area contributed by atoms with Crippen LogP contribution in [-0.2, 0) is 27.4 Å². The van der Waals surface area contributed by atoms with Crippen LogP contribution in [0.3, 0.4) is 0 Å². The van der Waals surface area contributed by atoms with E-state index in [4.69, 9.17) is 0 Å². The maximum absolute atomic E-state index is 14.7. The number of nitrogens with one attached hydrogen (secondary N) is 1. The Balaban J connectivity index is 1.79. The quantitative estimate of drug-likeness (QED) is 0.219. The molecule has 0 spiro atoms. The van der Waals surface area contributed by atoms with E-state index in [1.54, 1.807) is 13.8 Å². The fourth-order valence-corrected chi connectivity index (χ4v) is 9.60. The van der Waals surface area contributed by atoms with Crippen molar-refractivity contribution in [2.75, 3.05) is 5.32 Å². The molecular formula is C35H36F3N3O5S. The molecule has 1 aliphatic carbocycles. The average molecular weight is 668 g/mol. The maximum Gasteiger partial charge on any atom is 0.416 e. The molecule has 2 unspecified atom stereocenters. The number of hydrogen-bond acceptors (Lipinski definition) is 5. The first kappa shape index (κ1) is 32.8. The van der Waals surface area contributed by atoms with Crippen LogP contribution in [0.4, 0.5) is 18.9 Å². The Hall–Kier alpha value is -4.16. The van der Waals surface area contributed by atoms with Crippen molar-refractivity contribution in [2.45, 2.75) is 88.2 Å². The van der Waals surface area contributed by atoms with Crippen molar-refractivity contribution in [3.63, 3.8) is 0 Å². The molecule has 3 aromatic carbocycles. The number of fused-ring (bicyclic) bond motifs is 2. The van der Waals surface area contributed by atoms with Crippen LogP contribution in [-0.4, -0.2) is 46.5 Å². The van der Waals surface area contributed by atoms with Crippen LogP contribution in [0.5, 0.6) is 0 Å². The van der Waals surface area contributed by atoms with Gasteiger partial charge in [0.05, 0.1) is 11.6 Å². The lowest BCUT2D eigenvalue weighted by molar-refractivity contribution is -0.143. The number of carboxylic acids is 1. The van der Waals surface area contributed by atoms with Crippen LogP contribution in [0, 0.1) is 0 Å². The van der Waals surface area contributed by atoms with E-state index < -0.39 is 56.4 Å². The smallest absolute Gasteiger partial charge is 0.416 e. The number of aliphatic carboxylic acids is 1. The van der Waals surface area contributed by atoms with E-state index in [0.29, 0.717) is 0 Å². The molecule has 1 fully saturated rings. The fourth-order valence-electron chi connectivity index (χ4n) is 7.35. The predicted molar refractivity (Wildman–Crippen MR) is 174 cm³/mol. The van der Waals surface area contributed by atoms with E-state index in [2.05, 4.69) is 5.32 Å². The van der Waals surface area contributed by atoms with Gasteiger partial charge in [0.2, 0.25) is 0 Å². The lowest BCUT2D eigenvalue weighted by Gasteiger charge is -2.42. The molecule has 1 aromatic heterocycles. The van der Waals surface area contributed by atoms with E-state index in [1.165, 1.54) is 19.1 Å². The van der Waals surface area contributed by atoms with Crippen molar-refractivity contribution in [3.05, 3.63) is 93.8 Å². The number of rotatable bonds is 7. The van der Waals surface area contributed by atoms with Gasteiger partial charge in [-0.25, -0.2) is 13.2 Å². The number of pyridine rings is 1. The number of nitrogens with zero attached hydrogens (tertiary/aromatic N) is 2.